The number of furan rings is 1. The van der Waals surface area contributed by atoms with E-state index < -0.39 is 0 Å². The molecule has 3 heterocycles. The van der Waals surface area contributed by atoms with Crippen LogP contribution in [0.25, 0.3) is 11.0 Å². The Morgan fingerprint density at radius 1 is 1.16 bits per heavy atom. The van der Waals surface area contributed by atoms with Crippen LogP contribution >= 0.6 is 0 Å². The van der Waals surface area contributed by atoms with Gasteiger partial charge in [-0.1, -0.05) is 18.2 Å². The predicted octanol–water partition coefficient (Wildman–Crippen LogP) is 3.11. The van der Waals surface area contributed by atoms with Gasteiger partial charge in [-0.2, -0.15) is 5.10 Å². The molecular formula is C23H21FN4O3. The van der Waals surface area contributed by atoms with Crippen molar-refractivity contribution >= 4 is 16.9 Å². The van der Waals surface area contributed by atoms with Crippen LogP contribution in [0.15, 0.2) is 64.0 Å². The van der Waals surface area contributed by atoms with E-state index in [1.165, 1.54) is 16.8 Å². The van der Waals surface area contributed by atoms with Gasteiger partial charge in [-0.3, -0.25) is 9.36 Å². The van der Waals surface area contributed by atoms with Gasteiger partial charge >= 0.3 is 5.69 Å². The van der Waals surface area contributed by atoms with Gasteiger partial charge < -0.3 is 9.73 Å². The molecule has 7 nitrogen and oxygen atoms in total. The predicted molar refractivity (Wildman–Crippen MR) is 112 cm³/mol. The summed E-state index contributed by atoms with van der Waals surface area (Å²) in [5.41, 5.74) is 1.85. The molecule has 2 aromatic heterocycles. The van der Waals surface area contributed by atoms with Crippen molar-refractivity contribution in [1.82, 2.24) is 19.7 Å². The number of halogens is 1. The number of nitrogens with zero attached hydrogens (tertiary/aromatic N) is 3. The Bertz CT molecular complexity index is 1300. The van der Waals surface area contributed by atoms with Crippen molar-refractivity contribution in [2.24, 2.45) is 0 Å². The third kappa shape index (κ3) is 3.88. The van der Waals surface area contributed by atoms with E-state index in [0.717, 1.165) is 10.9 Å². The maximum Gasteiger partial charge on any atom is 0.346 e. The minimum absolute atomic E-state index is 0.0496. The van der Waals surface area contributed by atoms with Crippen LogP contribution in [-0.2, 0) is 19.5 Å². The summed E-state index contributed by atoms with van der Waals surface area (Å²) >= 11 is 0. The number of amides is 1. The zero-order valence-corrected chi connectivity index (χ0v) is 16.8. The summed E-state index contributed by atoms with van der Waals surface area (Å²) in [7, 11) is 0. The van der Waals surface area contributed by atoms with Crippen LogP contribution in [0.5, 0.6) is 0 Å². The molecule has 1 unspecified atom stereocenters. The summed E-state index contributed by atoms with van der Waals surface area (Å²) in [5, 5.41) is 8.50. The van der Waals surface area contributed by atoms with Crippen LogP contribution in [0.2, 0.25) is 0 Å². The van der Waals surface area contributed by atoms with Gasteiger partial charge in [0.05, 0.1) is 12.8 Å². The van der Waals surface area contributed by atoms with Crippen LogP contribution in [-0.4, -0.2) is 26.3 Å². The molecule has 0 spiro atoms. The van der Waals surface area contributed by atoms with Gasteiger partial charge in [-0.05, 0) is 48.7 Å². The first-order chi connectivity index (χ1) is 15.1. The van der Waals surface area contributed by atoms with Crippen LogP contribution in [0.3, 0.4) is 0 Å². The van der Waals surface area contributed by atoms with Crippen LogP contribution in [0, 0.1) is 5.82 Å². The summed E-state index contributed by atoms with van der Waals surface area (Å²) in [4.78, 5) is 25.5. The highest BCUT2D eigenvalue weighted by molar-refractivity contribution is 5.97. The van der Waals surface area contributed by atoms with E-state index in [2.05, 4.69) is 10.4 Å². The summed E-state index contributed by atoms with van der Waals surface area (Å²) in [6, 6.07) is 13.2. The zero-order chi connectivity index (χ0) is 21.4. The lowest BCUT2D eigenvalue weighted by Crippen LogP contribution is -2.35. The first-order valence-electron chi connectivity index (χ1n) is 10.3. The first-order valence-corrected chi connectivity index (χ1v) is 10.3. The van der Waals surface area contributed by atoms with Crippen molar-refractivity contribution in [2.45, 2.75) is 38.4 Å². The second-order valence-electron chi connectivity index (χ2n) is 7.81. The molecule has 1 atom stereocenters. The maximum absolute atomic E-state index is 13.1. The van der Waals surface area contributed by atoms with E-state index in [-0.39, 0.29) is 23.5 Å². The van der Waals surface area contributed by atoms with E-state index in [1.54, 1.807) is 35.1 Å². The third-order valence-corrected chi connectivity index (χ3v) is 5.72. The molecule has 1 aliphatic heterocycles. The number of fused-ring (bicyclic) bond motifs is 2. The number of hydrogen-bond donors (Lipinski definition) is 1. The highest BCUT2D eigenvalue weighted by Gasteiger charge is 2.22. The minimum Gasteiger partial charge on any atom is -0.464 e. The van der Waals surface area contributed by atoms with E-state index >= 15 is 0 Å². The van der Waals surface area contributed by atoms with Crippen molar-refractivity contribution in [2.75, 3.05) is 0 Å². The topological polar surface area (TPSA) is 82.1 Å². The molecule has 0 fully saturated rings. The summed E-state index contributed by atoms with van der Waals surface area (Å²) in [6.07, 6.45) is 3.53. The number of nitrogens with one attached hydrogen (secondary N) is 1. The molecule has 158 valence electrons. The number of benzene rings is 2. The van der Waals surface area contributed by atoms with Gasteiger partial charge in [-0.15, -0.1) is 0 Å². The average Bonchev–Trinajstić information content (AvgIpc) is 3.29. The molecule has 0 saturated carbocycles. The molecule has 0 saturated heterocycles. The van der Waals surface area contributed by atoms with Gasteiger partial charge in [0.25, 0.3) is 5.91 Å². The lowest BCUT2D eigenvalue weighted by molar-refractivity contribution is 0.0933. The molecule has 5 rings (SSSR count). The van der Waals surface area contributed by atoms with Crippen molar-refractivity contribution in [3.05, 3.63) is 88.0 Å². The Kier molecular flexibility index (Phi) is 4.89. The molecule has 8 heteroatoms. The lowest BCUT2D eigenvalue weighted by Gasteiger charge is -2.16. The van der Waals surface area contributed by atoms with E-state index in [0.29, 0.717) is 49.3 Å². The zero-order valence-electron chi connectivity index (χ0n) is 16.8. The molecule has 0 bridgehead atoms. The number of carbonyl (C=O) groups is 1. The summed E-state index contributed by atoms with van der Waals surface area (Å²) < 4.78 is 21.6. The highest BCUT2D eigenvalue weighted by Crippen LogP contribution is 2.18. The molecule has 4 aromatic rings. The van der Waals surface area contributed by atoms with Crippen LogP contribution in [0.1, 0.15) is 34.6 Å². The maximum atomic E-state index is 13.1. The van der Waals surface area contributed by atoms with Crippen molar-refractivity contribution < 1.29 is 13.6 Å². The molecular weight excluding hydrogens is 399 g/mol. The number of rotatable bonds is 4. The van der Waals surface area contributed by atoms with Gasteiger partial charge in [0.15, 0.2) is 0 Å². The minimum atomic E-state index is -0.311. The first kappa shape index (κ1) is 19.3. The summed E-state index contributed by atoms with van der Waals surface area (Å²) in [5.74, 6) is 0.242. The van der Waals surface area contributed by atoms with E-state index in [1.807, 2.05) is 12.1 Å². The fourth-order valence-electron chi connectivity index (χ4n) is 4.00. The average molecular weight is 420 g/mol. The molecule has 0 aliphatic carbocycles. The van der Waals surface area contributed by atoms with Gasteiger partial charge in [0.2, 0.25) is 0 Å². The van der Waals surface area contributed by atoms with Gasteiger partial charge in [0, 0.05) is 30.0 Å². The Morgan fingerprint density at radius 2 is 2.00 bits per heavy atom. The second-order valence-corrected chi connectivity index (χ2v) is 7.81. The SMILES string of the molecule is O=C(NC1CCc2nn(Cc3ccc(F)cc3)c(=O)n2CC1)c1ccc2ccoc2c1. The second kappa shape index (κ2) is 7.86. The highest BCUT2D eigenvalue weighted by atomic mass is 19.1. The van der Waals surface area contributed by atoms with E-state index in [4.69, 9.17) is 4.42 Å². The molecule has 1 aliphatic rings. The van der Waals surface area contributed by atoms with Crippen molar-refractivity contribution in [3.8, 4) is 0 Å². The lowest BCUT2D eigenvalue weighted by atomic mass is 10.1. The smallest absolute Gasteiger partial charge is 0.346 e. The molecule has 31 heavy (non-hydrogen) atoms. The standard InChI is InChI=1S/C23H21FN4O3/c24-18-5-1-15(2-6-18)14-28-23(30)27-11-9-19(7-8-21(27)26-28)25-22(29)17-4-3-16-10-12-31-20(16)13-17/h1-6,10,12-13,19H,7-9,11,14H2,(H,25,29). The number of aryl methyl sites for hydroxylation is 1. The van der Waals surface area contributed by atoms with E-state index in [9.17, 15) is 14.0 Å². The normalized spacial score (nSPS) is 16.1. The fourth-order valence-corrected chi connectivity index (χ4v) is 4.00. The van der Waals surface area contributed by atoms with Crippen molar-refractivity contribution in [3.63, 3.8) is 0 Å². The Labute approximate surface area is 177 Å². The molecule has 1 amide bonds. The number of aromatic nitrogens is 3. The molecule has 2 aromatic carbocycles. The molecule has 1 N–H and O–H groups in total. The molecule has 0 radical (unpaired) electrons. The Balaban J connectivity index is 1.26. The van der Waals surface area contributed by atoms with Crippen LogP contribution in [0.4, 0.5) is 4.39 Å². The number of hydrogen-bond acceptors (Lipinski definition) is 4. The van der Waals surface area contributed by atoms with Gasteiger partial charge in [0.1, 0.15) is 17.2 Å². The Morgan fingerprint density at radius 3 is 2.84 bits per heavy atom. The van der Waals surface area contributed by atoms with Crippen LogP contribution < -0.4 is 11.0 Å². The Hall–Kier alpha value is -3.68. The van der Waals surface area contributed by atoms with Crippen molar-refractivity contribution in [1.29, 1.82) is 0 Å². The quantitative estimate of drug-likeness (QED) is 0.550. The largest absolute Gasteiger partial charge is 0.464 e. The third-order valence-electron chi connectivity index (χ3n) is 5.72. The summed E-state index contributed by atoms with van der Waals surface area (Å²) in [6.45, 7) is 0.786. The van der Waals surface area contributed by atoms with Gasteiger partial charge in [-0.25, -0.2) is 13.9 Å². The monoisotopic (exact) mass is 420 g/mol. The fraction of sp³-hybridized carbons (Fsp3) is 0.261. The number of carbonyl (C=O) groups excluding carboxylic acids is 1.